The molecule has 4 nitrogen and oxygen atoms in total. The lowest BCUT2D eigenvalue weighted by atomic mass is 9.98. The van der Waals surface area contributed by atoms with Crippen molar-refractivity contribution in [2.75, 3.05) is 11.9 Å². The van der Waals surface area contributed by atoms with Gasteiger partial charge in [0, 0.05) is 17.2 Å². The number of carbonyl (C=O) groups excluding carboxylic acids is 1. The van der Waals surface area contributed by atoms with Gasteiger partial charge in [-0.1, -0.05) is 11.6 Å². The molecule has 2 aliphatic heterocycles. The summed E-state index contributed by atoms with van der Waals surface area (Å²) in [6, 6.07) is 3.47. The zero-order valence-corrected chi connectivity index (χ0v) is 10.5. The Hall–Kier alpha value is -1.10. The van der Waals surface area contributed by atoms with Crippen LogP contribution in [0.3, 0.4) is 0 Å². The Bertz CT molecular complexity index is 497. The Morgan fingerprint density at radius 3 is 3.06 bits per heavy atom. The highest BCUT2D eigenvalue weighted by molar-refractivity contribution is 6.31. The van der Waals surface area contributed by atoms with E-state index in [0.717, 1.165) is 18.4 Å². The molecule has 0 aliphatic carbocycles. The fourth-order valence-corrected chi connectivity index (χ4v) is 2.87. The molecule has 96 valence electrons. The highest BCUT2D eigenvalue weighted by Crippen LogP contribution is 2.37. The fourth-order valence-electron chi connectivity index (χ4n) is 2.62. The van der Waals surface area contributed by atoms with Crippen molar-refractivity contribution in [3.8, 4) is 0 Å². The predicted molar refractivity (Wildman–Crippen MR) is 67.7 cm³/mol. The van der Waals surface area contributed by atoms with Crippen LogP contribution in [0.15, 0.2) is 12.1 Å². The van der Waals surface area contributed by atoms with E-state index in [4.69, 9.17) is 16.3 Å². The Labute approximate surface area is 110 Å². The molecule has 1 amide bonds. The number of nitrogens with one attached hydrogen (secondary N) is 1. The molecule has 0 radical (unpaired) electrons. The van der Waals surface area contributed by atoms with Crippen molar-refractivity contribution in [2.45, 2.75) is 31.5 Å². The van der Waals surface area contributed by atoms with Gasteiger partial charge in [0.2, 0.25) is 5.91 Å². The zero-order valence-electron chi connectivity index (χ0n) is 9.78. The van der Waals surface area contributed by atoms with E-state index in [2.05, 4.69) is 5.32 Å². The lowest BCUT2D eigenvalue weighted by molar-refractivity contribution is -0.115. The van der Waals surface area contributed by atoms with Crippen LogP contribution in [0.2, 0.25) is 5.02 Å². The second-order valence-electron chi connectivity index (χ2n) is 4.75. The van der Waals surface area contributed by atoms with Gasteiger partial charge in [0.05, 0.1) is 18.2 Å². The van der Waals surface area contributed by atoms with Gasteiger partial charge in [-0.25, -0.2) is 0 Å². The fraction of sp³-hybridized carbons (Fsp3) is 0.462. The summed E-state index contributed by atoms with van der Waals surface area (Å²) in [7, 11) is 0. The number of aliphatic hydroxyl groups excluding tert-OH is 1. The van der Waals surface area contributed by atoms with Gasteiger partial charge in [-0.2, -0.15) is 0 Å². The Kier molecular flexibility index (Phi) is 3.01. The summed E-state index contributed by atoms with van der Waals surface area (Å²) >= 11 is 6.04. The molecule has 1 aromatic rings. The molecule has 2 aliphatic rings. The number of hydrogen-bond acceptors (Lipinski definition) is 3. The minimum Gasteiger partial charge on any atom is -0.386 e. The number of benzene rings is 1. The average Bonchev–Trinajstić information content (AvgIpc) is 2.94. The van der Waals surface area contributed by atoms with E-state index < -0.39 is 6.10 Å². The van der Waals surface area contributed by atoms with Gasteiger partial charge in [0.15, 0.2) is 0 Å². The standard InChI is InChI=1S/C13H14ClNO3/c14-8-4-7-5-11(16)15-12(7)9(6-8)13(17)10-2-1-3-18-10/h4,6,10,13,17H,1-3,5H2,(H,15,16). The third-order valence-electron chi connectivity index (χ3n) is 3.47. The van der Waals surface area contributed by atoms with E-state index in [9.17, 15) is 9.90 Å². The van der Waals surface area contributed by atoms with E-state index in [0.29, 0.717) is 29.3 Å². The maximum atomic E-state index is 11.4. The van der Waals surface area contributed by atoms with Crippen LogP contribution in [-0.2, 0) is 16.0 Å². The molecule has 0 bridgehead atoms. The molecular weight excluding hydrogens is 254 g/mol. The van der Waals surface area contributed by atoms with Crippen LogP contribution >= 0.6 is 11.6 Å². The second kappa shape index (κ2) is 4.53. The minimum absolute atomic E-state index is 0.0620. The zero-order chi connectivity index (χ0) is 12.7. The van der Waals surface area contributed by atoms with Crippen molar-refractivity contribution < 1.29 is 14.6 Å². The molecule has 1 saturated heterocycles. The third kappa shape index (κ3) is 2.00. The minimum atomic E-state index is -0.738. The summed E-state index contributed by atoms with van der Waals surface area (Å²) in [5.41, 5.74) is 2.21. The van der Waals surface area contributed by atoms with Crippen LogP contribution < -0.4 is 5.32 Å². The van der Waals surface area contributed by atoms with Crippen molar-refractivity contribution in [2.24, 2.45) is 0 Å². The Morgan fingerprint density at radius 2 is 2.33 bits per heavy atom. The molecule has 2 unspecified atom stereocenters. The van der Waals surface area contributed by atoms with Crippen molar-refractivity contribution >= 4 is 23.2 Å². The van der Waals surface area contributed by atoms with Crippen LogP contribution in [0, 0.1) is 0 Å². The molecule has 5 heteroatoms. The number of aliphatic hydroxyl groups is 1. The monoisotopic (exact) mass is 267 g/mol. The predicted octanol–water partition coefficient (Wildman–Crippen LogP) is 2.05. The summed E-state index contributed by atoms with van der Waals surface area (Å²) < 4.78 is 5.49. The molecule has 0 saturated carbocycles. The number of hydrogen-bond donors (Lipinski definition) is 2. The summed E-state index contributed by atoms with van der Waals surface area (Å²) in [6.07, 6.45) is 1.16. The number of rotatable bonds is 2. The highest BCUT2D eigenvalue weighted by atomic mass is 35.5. The molecule has 0 aromatic heterocycles. The van der Waals surface area contributed by atoms with Crippen LogP contribution in [0.5, 0.6) is 0 Å². The van der Waals surface area contributed by atoms with Crippen LogP contribution in [0.4, 0.5) is 5.69 Å². The smallest absolute Gasteiger partial charge is 0.228 e. The molecule has 2 heterocycles. The van der Waals surface area contributed by atoms with E-state index in [1.54, 1.807) is 12.1 Å². The van der Waals surface area contributed by atoms with Gasteiger partial charge in [-0.3, -0.25) is 4.79 Å². The first-order valence-electron chi connectivity index (χ1n) is 6.07. The van der Waals surface area contributed by atoms with E-state index in [-0.39, 0.29) is 12.0 Å². The molecule has 1 aromatic carbocycles. The first kappa shape index (κ1) is 12.0. The number of anilines is 1. The maximum absolute atomic E-state index is 11.4. The Morgan fingerprint density at radius 1 is 1.50 bits per heavy atom. The highest BCUT2D eigenvalue weighted by Gasteiger charge is 2.31. The van der Waals surface area contributed by atoms with E-state index >= 15 is 0 Å². The van der Waals surface area contributed by atoms with Gasteiger partial charge in [0.25, 0.3) is 0 Å². The first-order chi connectivity index (χ1) is 8.65. The maximum Gasteiger partial charge on any atom is 0.228 e. The van der Waals surface area contributed by atoms with Crippen molar-refractivity contribution in [1.29, 1.82) is 0 Å². The van der Waals surface area contributed by atoms with Crippen LogP contribution in [-0.4, -0.2) is 23.7 Å². The summed E-state index contributed by atoms with van der Waals surface area (Å²) in [5, 5.41) is 13.7. The molecule has 18 heavy (non-hydrogen) atoms. The van der Waals surface area contributed by atoms with Crippen molar-refractivity contribution in [3.05, 3.63) is 28.3 Å². The Balaban J connectivity index is 1.98. The molecule has 0 spiro atoms. The van der Waals surface area contributed by atoms with Gasteiger partial charge < -0.3 is 15.2 Å². The molecule has 1 fully saturated rings. The third-order valence-corrected chi connectivity index (χ3v) is 3.68. The number of carbonyl (C=O) groups is 1. The van der Waals surface area contributed by atoms with Gasteiger partial charge in [-0.15, -0.1) is 0 Å². The lowest BCUT2D eigenvalue weighted by Gasteiger charge is -2.20. The van der Waals surface area contributed by atoms with Gasteiger partial charge in [0.1, 0.15) is 6.10 Å². The van der Waals surface area contributed by atoms with E-state index in [1.807, 2.05) is 0 Å². The second-order valence-corrected chi connectivity index (χ2v) is 5.19. The number of fused-ring (bicyclic) bond motifs is 1. The largest absolute Gasteiger partial charge is 0.386 e. The van der Waals surface area contributed by atoms with Crippen LogP contribution in [0.25, 0.3) is 0 Å². The SMILES string of the molecule is O=C1Cc2cc(Cl)cc(C(O)C3CCCO3)c2N1. The molecule has 2 atom stereocenters. The summed E-state index contributed by atoms with van der Waals surface area (Å²) in [6.45, 7) is 0.677. The molecule has 3 rings (SSSR count). The van der Waals surface area contributed by atoms with Crippen molar-refractivity contribution in [3.63, 3.8) is 0 Å². The first-order valence-corrected chi connectivity index (χ1v) is 6.45. The number of halogens is 1. The lowest BCUT2D eigenvalue weighted by Crippen LogP contribution is -2.18. The summed E-state index contributed by atoms with van der Waals surface area (Å²) in [4.78, 5) is 11.4. The average molecular weight is 268 g/mol. The van der Waals surface area contributed by atoms with Crippen molar-refractivity contribution in [1.82, 2.24) is 0 Å². The van der Waals surface area contributed by atoms with Gasteiger partial charge >= 0.3 is 0 Å². The molecular formula is C13H14ClNO3. The number of amides is 1. The quantitative estimate of drug-likeness (QED) is 0.862. The molecule has 2 N–H and O–H groups in total. The number of ether oxygens (including phenoxy) is 1. The van der Waals surface area contributed by atoms with Gasteiger partial charge in [-0.05, 0) is 30.5 Å². The topological polar surface area (TPSA) is 58.6 Å². The summed E-state index contributed by atoms with van der Waals surface area (Å²) in [5.74, 6) is -0.0620. The van der Waals surface area contributed by atoms with E-state index in [1.165, 1.54) is 0 Å². The normalized spacial score (nSPS) is 23.9. The van der Waals surface area contributed by atoms with Crippen LogP contribution in [0.1, 0.15) is 30.1 Å².